The third-order valence-corrected chi connectivity index (χ3v) is 4.76. The molecule has 0 bridgehead atoms. The molecule has 0 amide bonds. The average molecular weight is 437 g/mol. The zero-order valence-electron chi connectivity index (χ0n) is 13.6. The highest BCUT2D eigenvalue weighted by Crippen LogP contribution is 2.28. The van der Waals surface area contributed by atoms with Crippen molar-refractivity contribution < 1.29 is 4.74 Å². The molecule has 0 spiro atoms. The van der Waals surface area contributed by atoms with Gasteiger partial charge in [-0.2, -0.15) is 0 Å². The summed E-state index contributed by atoms with van der Waals surface area (Å²) < 4.78 is 5.62. The molecule has 22 heavy (non-hydrogen) atoms. The van der Waals surface area contributed by atoms with Crippen LogP contribution in [0, 0.1) is 5.92 Å². The monoisotopic (exact) mass is 437 g/mol. The van der Waals surface area contributed by atoms with Gasteiger partial charge in [-0.15, -0.1) is 35.3 Å². The fourth-order valence-electron chi connectivity index (χ4n) is 2.01. The van der Waals surface area contributed by atoms with E-state index in [0.29, 0.717) is 0 Å². The zero-order valence-corrected chi connectivity index (χ0v) is 16.7. The number of halogens is 1. The first-order valence-corrected chi connectivity index (χ1v) is 8.73. The molecule has 1 saturated carbocycles. The normalized spacial score (nSPS) is 14.5. The van der Waals surface area contributed by atoms with Crippen LogP contribution in [0.1, 0.15) is 35.9 Å². The number of aryl methyl sites for hydroxylation is 1. The summed E-state index contributed by atoms with van der Waals surface area (Å²) in [6.07, 6.45) is 4.85. The molecule has 4 nitrogen and oxygen atoms in total. The van der Waals surface area contributed by atoms with Crippen molar-refractivity contribution in [1.29, 1.82) is 0 Å². The maximum Gasteiger partial charge on any atom is 0.191 e. The minimum Gasteiger partial charge on any atom is -0.381 e. The third kappa shape index (κ3) is 7.78. The summed E-state index contributed by atoms with van der Waals surface area (Å²) in [4.78, 5) is 7.03. The van der Waals surface area contributed by atoms with E-state index in [1.807, 2.05) is 18.4 Å². The van der Waals surface area contributed by atoms with Crippen molar-refractivity contribution in [2.75, 3.05) is 26.8 Å². The molecule has 0 unspecified atom stereocenters. The van der Waals surface area contributed by atoms with Crippen LogP contribution in [0.3, 0.4) is 0 Å². The van der Waals surface area contributed by atoms with Crippen LogP contribution in [0.2, 0.25) is 0 Å². The van der Waals surface area contributed by atoms with Gasteiger partial charge in [0, 0.05) is 36.6 Å². The molecule has 1 aliphatic carbocycles. The molecule has 0 aromatic carbocycles. The highest BCUT2D eigenvalue weighted by Gasteiger charge is 2.20. The largest absolute Gasteiger partial charge is 0.381 e. The number of ether oxygens (including phenoxy) is 1. The molecular formula is C16H28IN3OS. The number of nitrogens with one attached hydrogen (secondary N) is 2. The average Bonchev–Trinajstić information content (AvgIpc) is 3.22. The molecule has 6 heteroatoms. The van der Waals surface area contributed by atoms with E-state index in [4.69, 9.17) is 4.74 Å². The molecule has 1 heterocycles. The van der Waals surface area contributed by atoms with E-state index in [0.717, 1.165) is 51.0 Å². The van der Waals surface area contributed by atoms with E-state index in [1.54, 1.807) is 0 Å². The number of hydrogen-bond donors (Lipinski definition) is 2. The van der Waals surface area contributed by atoms with E-state index in [-0.39, 0.29) is 24.0 Å². The van der Waals surface area contributed by atoms with E-state index in [2.05, 4.69) is 34.7 Å². The first-order chi connectivity index (χ1) is 10.3. The Hall–Kier alpha value is -0.340. The summed E-state index contributed by atoms with van der Waals surface area (Å²) in [6.45, 7) is 5.71. The molecule has 1 aliphatic rings. The van der Waals surface area contributed by atoms with Gasteiger partial charge in [-0.1, -0.05) is 6.92 Å². The molecule has 1 aromatic rings. The Morgan fingerprint density at radius 2 is 2.09 bits per heavy atom. The van der Waals surface area contributed by atoms with Crippen molar-refractivity contribution in [3.63, 3.8) is 0 Å². The molecule has 0 atom stereocenters. The lowest BCUT2D eigenvalue weighted by Crippen LogP contribution is -2.37. The highest BCUT2D eigenvalue weighted by atomic mass is 127. The minimum absolute atomic E-state index is 0. The van der Waals surface area contributed by atoms with E-state index < -0.39 is 0 Å². The fourth-order valence-corrected chi connectivity index (χ4v) is 2.91. The molecular weight excluding hydrogens is 409 g/mol. The first-order valence-electron chi connectivity index (χ1n) is 7.91. The predicted octanol–water partition coefficient (Wildman–Crippen LogP) is 3.41. The third-order valence-electron chi connectivity index (χ3n) is 3.53. The summed E-state index contributed by atoms with van der Waals surface area (Å²) in [7, 11) is 1.81. The van der Waals surface area contributed by atoms with Gasteiger partial charge in [-0.25, -0.2) is 0 Å². The van der Waals surface area contributed by atoms with Crippen molar-refractivity contribution in [3.05, 3.63) is 21.9 Å². The molecule has 0 radical (unpaired) electrons. The summed E-state index contributed by atoms with van der Waals surface area (Å²) in [5.74, 6) is 1.72. The molecule has 1 fully saturated rings. The lowest BCUT2D eigenvalue weighted by atomic mass is 10.3. The Kier molecular flexibility index (Phi) is 10.1. The van der Waals surface area contributed by atoms with Crippen molar-refractivity contribution >= 4 is 41.3 Å². The lowest BCUT2D eigenvalue weighted by Gasteiger charge is -2.11. The van der Waals surface area contributed by atoms with E-state index >= 15 is 0 Å². The summed E-state index contributed by atoms with van der Waals surface area (Å²) in [5.41, 5.74) is 0. The molecule has 2 N–H and O–H groups in total. The number of aliphatic imine (C=N–C) groups is 1. The Morgan fingerprint density at radius 1 is 1.32 bits per heavy atom. The number of thiophene rings is 1. The molecule has 0 aliphatic heterocycles. The second kappa shape index (κ2) is 11.2. The molecule has 126 valence electrons. The highest BCUT2D eigenvalue weighted by molar-refractivity contribution is 14.0. The molecule has 2 rings (SSSR count). The van der Waals surface area contributed by atoms with E-state index in [1.165, 1.54) is 22.6 Å². The van der Waals surface area contributed by atoms with Crippen molar-refractivity contribution in [2.45, 2.75) is 39.2 Å². The van der Waals surface area contributed by atoms with Gasteiger partial charge in [0.2, 0.25) is 0 Å². The van der Waals surface area contributed by atoms with Gasteiger partial charge in [0.25, 0.3) is 0 Å². The van der Waals surface area contributed by atoms with Gasteiger partial charge in [-0.05, 0) is 43.7 Å². The van der Waals surface area contributed by atoms with Crippen molar-refractivity contribution in [3.8, 4) is 0 Å². The Morgan fingerprint density at radius 3 is 2.73 bits per heavy atom. The zero-order chi connectivity index (χ0) is 14.9. The fraction of sp³-hybridized carbons (Fsp3) is 0.688. The second-order valence-corrected chi connectivity index (χ2v) is 6.70. The van der Waals surface area contributed by atoms with Gasteiger partial charge < -0.3 is 15.4 Å². The summed E-state index contributed by atoms with van der Waals surface area (Å²) >= 11 is 1.86. The Balaban J connectivity index is 0.00000242. The predicted molar refractivity (Wildman–Crippen MR) is 105 cm³/mol. The quantitative estimate of drug-likeness (QED) is 0.270. The second-order valence-electron chi connectivity index (χ2n) is 5.45. The maximum atomic E-state index is 5.62. The number of hydrogen-bond acceptors (Lipinski definition) is 3. The van der Waals surface area contributed by atoms with Crippen LogP contribution in [0.15, 0.2) is 17.1 Å². The van der Waals surface area contributed by atoms with Gasteiger partial charge in [-0.3, -0.25) is 4.99 Å². The van der Waals surface area contributed by atoms with Gasteiger partial charge in [0.05, 0.1) is 6.54 Å². The number of guanidine groups is 1. The number of nitrogens with zero attached hydrogens (tertiary/aromatic N) is 1. The first kappa shape index (κ1) is 19.7. The van der Waals surface area contributed by atoms with Crippen LogP contribution in [0.4, 0.5) is 0 Å². The van der Waals surface area contributed by atoms with Crippen LogP contribution in [-0.2, 0) is 17.7 Å². The van der Waals surface area contributed by atoms with Crippen LogP contribution >= 0.6 is 35.3 Å². The Bertz CT molecular complexity index is 446. The van der Waals surface area contributed by atoms with Crippen molar-refractivity contribution in [1.82, 2.24) is 10.6 Å². The minimum atomic E-state index is 0. The SMILES string of the molecule is CCc1ccc(CNC(=NC)NCCCOCC2CC2)s1.I. The lowest BCUT2D eigenvalue weighted by molar-refractivity contribution is 0.123. The number of rotatable bonds is 9. The van der Waals surface area contributed by atoms with Crippen LogP contribution in [-0.4, -0.2) is 32.8 Å². The summed E-state index contributed by atoms with van der Waals surface area (Å²) in [5, 5.41) is 6.68. The Labute approximate surface area is 155 Å². The van der Waals surface area contributed by atoms with Gasteiger partial charge in [0.15, 0.2) is 5.96 Å². The maximum absolute atomic E-state index is 5.62. The molecule has 1 aromatic heterocycles. The van der Waals surface area contributed by atoms with Crippen molar-refractivity contribution in [2.24, 2.45) is 10.9 Å². The van der Waals surface area contributed by atoms with Gasteiger partial charge in [0.1, 0.15) is 0 Å². The van der Waals surface area contributed by atoms with Crippen LogP contribution < -0.4 is 10.6 Å². The standard InChI is InChI=1S/C16H27N3OS.HI/c1-3-14-7-8-15(21-14)11-19-16(17-2)18-9-4-10-20-12-13-5-6-13;/h7-8,13H,3-6,9-12H2,1-2H3,(H2,17,18,19);1H. The molecule has 0 saturated heterocycles. The van der Waals surface area contributed by atoms with Crippen LogP contribution in [0.5, 0.6) is 0 Å². The van der Waals surface area contributed by atoms with Crippen LogP contribution in [0.25, 0.3) is 0 Å². The topological polar surface area (TPSA) is 45.7 Å². The smallest absolute Gasteiger partial charge is 0.191 e. The van der Waals surface area contributed by atoms with E-state index in [9.17, 15) is 0 Å². The van der Waals surface area contributed by atoms with Gasteiger partial charge >= 0.3 is 0 Å². The summed E-state index contributed by atoms with van der Waals surface area (Å²) in [6, 6.07) is 4.39.